The molecule has 31 heavy (non-hydrogen) atoms. The molecule has 5 rings (SSSR count). The minimum Gasteiger partial charge on any atom is -0.462 e. The molecule has 4 fully saturated rings. The van der Waals surface area contributed by atoms with Crippen LogP contribution in [0.3, 0.4) is 0 Å². The van der Waals surface area contributed by atoms with Crippen molar-refractivity contribution in [3.63, 3.8) is 0 Å². The summed E-state index contributed by atoms with van der Waals surface area (Å²) < 4.78 is 12.0. The first kappa shape index (κ1) is 21.4. The van der Waals surface area contributed by atoms with Gasteiger partial charge in [-0.05, 0) is 62.0 Å². The number of hydrogen-bond donors (Lipinski definition) is 1. The van der Waals surface area contributed by atoms with Crippen LogP contribution in [0.4, 0.5) is 0 Å². The molecule has 4 aliphatic rings. The van der Waals surface area contributed by atoms with Crippen LogP contribution in [0.2, 0.25) is 0 Å². The zero-order valence-electron chi connectivity index (χ0n) is 19.1. The molecule has 1 spiro atoms. The van der Waals surface area contributed by atoms with Gasteiger partial charge in [0.15, 0.2) is 0 Å². The van der Waals surface area contributed by atoms with Gasteiger partial charge in [-0.3, -0.25) is 4.79 Å². The Balaban J connectivity index is 1.24. The van der Waals surface area contributed by atoms with Gasteiger partial charge in [-0.15, -0.1) is 0 Å². The smallest absolute Gasteiger partial charge is 0.310 e. The van der Waals surface area contributed by atoms with Gasteiger partial charge in [0.05, 0.1) is 24.2 Å². The van der Waals surface area contributed by atoms with Crippen LogP contribution in [-0.4, -0.2) is 54.4 Å². The van der Waals surface area contributed by atoms with E-state index in [-0.39, 0.29) is 34.9 Å². The average molecular weight is 428 g/mol. The molecule has 1 N–H and O–H groups in total. The molecule has 0 bridgehead atoms. The van der Waals surface area contributed by atoms with E-state index in [1.165, 1.54) is 19.3 Å². The Morgan fingerprint density at radius 2 is 2.00 bits per heavy atom. The standard InChI is InChI=1S/C26H37NO4/c1-17(23(28)18-8-5-4-6-9-18)14-27(3)15-20-19-12-22-25(2,13-21(19)31-24(20)29)10-7-11-26(22)16-30-26/h4-6,8-9,17,19-23,28H,7,10-16H2,1-3H3/t17-,19+,20?,21+,22?,23-,25+,26?/m0/s1. The summed E-state index contributed by atoms with van der Waals surface area (Å²) in [5.41, 5.74) is 1.28. The van der Waals surface area contributed by atoms with Crippen LogP contribution in [-0.2, 0) is 14.3 Å². The van der Waals surface area contributed by atoms with Crippen molar-refractivity contribution in [2.75, 3.05) is 26.7 Å². The zero-order chi connectivity index (χ0) is 21.8. The number of hydrogen-bond acceptors (Lipinski definition) is 5. The van der Waals surface area contributed by atoms with E-state index in [4.69, 9.17) is 9.47 Å². The molecular formula is C26H37NO4. The lowest BCUT2D eigenvalue weighted by molar-refractivity contribution is -0.147. The van der Waals surface area contributed by atoms with Gasteiger partial charge in [-0.2, -0.15) is 0 Å². The van der Waals surface area contributed by atoms with Crippen molar-refractivity contribution >= 4 is 5.97 Å². The van der Waals surface area contributed by atoms with Crippen LogP contribution in [0.15, 0.2) is 30.3 Å². The Morgan fingerprint density at radius 1 is 1.26 bits per heavy atom. The van der Waals surface area contributed by atoms with E-state index in [2.05, 4.69) is 25.8 Å². The Hall–Kier alpha value is -1.43. The normalized spacial score (nSPS) is 40.9. The Kier molecular flexibility index (Phi) is 5.43. The summed E-state index contributed by atoms with van der Waals surface area (Å²) in [5.74, 6) is 0.832. The number of carbonyl (C=O) groups excluding carboxylic acids is 1. The summed E-state index contributed by atoms with van der Waals surface area (Å²) >= 11 is 0. The molecular weight excluding hydrogens is 390 g/mol. The van der Waals surface area contributed by atoms with Gasteiger partial charge < -0.3 is 19.5 Å². The maximum atomic E-state index is 12.9. The first-order valence-corrected chi connectivity index (χ1v) is 12.1. The molecule has 0 amide bonds. The van der Waals surface area contributed by atoms with Gasteiger partial charge in [-0.25, -0.2) is 0 Å². The minimum atomic E-state index is -0.503. The summed E-state index contributed by atoms with van der Waals surface area (Å²) in [4.78, 5) is 15.1. The van der Waals surface area contributed by atoms with Crippen molar-refractivity contribution in [3.05, 3.63) is 35.9 Å². The monoisotopic (exact) mass is 427 g/mol. The fraction of sp³-hybridized carbons (Fsp3) is 0.731. The summed E-state index contributed by atoms with van der Waals surface area (Å²) in [5, 5.41) is 10.7. The number of benzene rings is 1. The predicted octanol–water partition coefficient (Wildman–Crippen LogP) is 3.81. The number of rotatable bonds is 6. The SMILES string of the molecule is C[C@@H](CN(C)CC1C(=O)O[C@@H]2C[C@@]3(C)CCCC4(CO4)C3C[C@H]12)[C@H](O)c1ccccc1. The molecule has 2 saturated carbocycles. The van der Waals surface area contributed by atoms with Crippen LogP contribution in [0.5, 0.6) is 0 Å². The fourth-order valence-electron chi connectivity index (χ4n) is 7.15. The molecule has 1 aromatic carbocycles. The minimum absolute atomic E-state index is 0.0221. The Bertz CT molecular complexity index is 809. The molecule has 5 heteroatoms. The highest BCUT2D eigenvalue weighted by molar-refractivity contribution is 5.75. The number of fused-ring (bicyclic) bond motifs is 3. The van der Waals surface area contributed by atoms with E-state index in [1.807, 2.05) is 30.3 Å². The van der Waals surface area contributed by atoms with Gasteiger partial charge >= 0.3 is 5.97 Å². The number of nitrogens with zero attached hydrogens (tertiary/aromatic N) is 1. The van der Waals surface area contributed by atoms with Crippen LogP contribution in [0.1, 0.15) is 57.6 Å². The second-order valence-electron chi connectivity index (χ2n) is 11.2. The summed E-state index contributed by atoms with van der Waals surface area (Å²) in [6.07, 6.45) is 5.23. The van der Waals surface area contributed by atoms with Gasteiger partial charge in [0.1, 0.15) is 6.10 Å². The lowest BCUT2D eigenvalue weighted by Gasteiger charge is -2.51. The molecule has 0 aromatic heterocycles. The summed E-state index contributed by atoms with van der Waals surface area (Å²) in [7, 11) is 2.06. The van der Waals surface area contributed by atoms with E-state index in [0.717, 1.165) is 31.6 Å². The number of aliphatic hydroxyl groups excluding tert-OH is 1. The van der Waals surface area contributed by atoms with Crippen molar-refractivity contribution in [2.45, 2.75) is 63.8 Å². The zero-order valence-corrected chi connectivity index (χ0v) is 19.1. The quantitative estimate of drug-likeness (QED) is 0.552. The van der Waals surface area contributed by atoms with Gasteiger partial charge in [-0.1, -0.05) is 44.2 Å². The molecule has 2 saturated heterocycles. The average Bonchev–Trinajstić information content (AvgIpc) is 3.45. The van der Waals surface area contributed by atoms with E-state index < -0.39 is 6.10 Å². The number of aliphatic hydroxyl groups is 1. The van der Waals surface area contributed by atoms with Crippen LogP contribution in [0, 0.1) is 29.1 Å². The molecule has 170 valence electrons. The second kappa shape index (κ2) is 7.86. The van der Waals surface area contributed by atoms with E-state index >= 15 is 0 Å². The Labute approximate surface area is 186 Å². The topological polar surface area (TPSA) is 62.3 Å². The predicted molar refractivity (Wildman–Crippen MR) is 118 cm³/mol. The van der Waals surface area contributed by atoms with Crippen molar-refractivity contribution in [3.8, 4) is 0 Å². The van der Waals surface area contributed by atoms with Gasteiger partial charge in [0, 0.05) is 19.0 Å². The molecule has 3 unspecified atom stereocenters. The first-order chi connectivity index (χ1) is 14.8. The highest BCUT2D eigenvalue weighted by atomic mass is 16.6. The summed E-state index contributed by atoms with van der Waals surface area (Å²) in [6.45, 7) is 6.82. The molecule has 1 aromatic rings. The largest absolute Gasteiger partial charge is 0.462 e. The molecule has 2 aliphatic heterocycles. The molecule has 5 nitrogen and oxygen atoms in total. The lowest BCUT2D eigenvalue weighted by Crippen LogP contribution is -2.51. The molecule has 2 heterocycles. The van der Waals surface area contributed by atoms with Crippen molar-refractivity contribution in [1.82, 2.24) is 4.90 Å². The van der Waals surface area contributed by atoms with Crippen LogP contribution < -0.4 is 0 Å². The number of ether oxygens (including phenoxy) is 2. The van der Waals surface area contributed by atoms with Gasteiger partial charge in [0.2, 0.25) is 0 Å². The first-order valence-electron chi connectivity index (χ1n) is 12.1. The lowest BCUT2D eigenvalue weighted by atomic mass is 9.53. The van der Waals surface area contributed by atoms with E-state index in [1.54, 1.807) is 0 Å². The molecule has 2 aliphatic carbocycles. The maximum absolute atomic E-state index is 12.9. The number of esters is 1. The third-order valence-corrected chi connectivity index (χ3v) is 8.87. The highest BCUT2D eigenvalue weighted by Crippen LogP contribution is 2.62. The van der Waals surface area contributed by atoms with E-state index in [9.17, 15) is 9.90 Å². The van der Waals surface area contributed by atoms with Crippen molar-refractivity contribution in [1.29, 1.82) is 0 Å². The van der Waals surface area contributed by atoms with E-state index in [0.29, 0.717) is 18.4 Å². The Morgan fingerprint density at radius 3 is 2.71 bits per heavy atom. The summed E-state index contributed by atoms with van der Waals surface area (Å²) in [6, 6.07) is 9.83. The maximum Gasteiger partial charge on any atom is 0.310 e. The van der Waals surface area contributed by atoms with Crippen molar-refractivity contribution in [2.24, 2.45) is 29.1 Å². The van der Waals surface area contributed by atoms with Crippen LogP contribution in [0.25, 0.3) is 0 Å². The highest BCUT2D eigenvalue weighted by Gasteiger charge is 2.65. The van der Waals surface area contributed by atoms with Crippen molar-refractivity contribution < 1.29 is 19.4 Å². The molecule has 8 atom stereocenters. The third kappa shape index (κ3) is 3.83. The third-order valence-electron chi connectivity index (χ3n) is 8.87. The molecule has 0 radical (unpaired) electrons. The van der Waals surface area contributed by atoms with Crippen LogP contribution >= 0.6 is 0 Å². The number of carbonyl (C=O) groups is 1. The fourth-order valence-corrected chi connectivity index (χ4v) is 7.15. The number of epoxide rings is 1. The second-order valence-corrected chi connectivity index (χ2v) is 11.2. The van der Waals surface area contributed by atoms with Gasteiger partial charge in [0.25, 0.3) is 0 Å².